The predicted molar refractivity (Wildman–Crippen MR) is 77.5 cm³/mol. The number of nitrogens with one attached hydrogen (secondary N) is 1. The molecule has 5 heteroatoms. The third kappa shape index (κ3) is 3.88. The number of nitrogens with two attached hydrogens (primary N) is 1. The van der Waals surface area contributed by atoms with Crippen molar-refractivity contribution in [2.45, 2.75) is 13.1 Å². The molecule has 0 unspecified atom stereocenters. The summed E-state index contributed by atoms with van der Waals surface area (Å²) >= 11 is 0. The molecule has 0 fully saturated rings. The number of carbonyl (C=O) groups excluding carboxylic acids is 1. The van der Waals surface area contributed by atoms with Crippen LogP contribution < -0.4 is 11.3 Å². The molecule has 1 amide bonds. The zero-order valence-corrected chi connectivity index (χ0v) is 11.4. The quantitative estimate of drug-likeness (QED) is 0.488. The lowest BCUT2D eigenvalue weighted by atomic mass is 10.1. The molecule has 20 heavy (non-hydrogen) atoms. The summed E-state index contributed by atoms with van der Waals surface area (Å²) in [7, 11) is 2.05. The number of nitrogens with zero attached hydrogens (tertiary/aromatic N) is 2. The second-order valence-corrected chi connectivity index (χ2v) is 4.70. The Balaban J connectivity index is 1.94. The lowest BCUT2D eigenvalue weighted by Gasteiger charge is -2.16. The van der Waals surface area contributed by atoms with Gasteiger partial charge in [-0.3, -0.25) is 20.1 Å². The number of hydrogen-bond acceptors (Lipinski definition) is 4. The fourth-order valence-electron chi connectivity index (χ4n) is 2.02. The molecule has 0 aliphatic carbocycles. The van der Waals surface area contributed by atoms with Crippen LogP contribution >= 0.6 is 0 Å². The number of carbonyl (C=O) groups is 1. The van der Waals surface area contributed by atoms with Gasteiger partial charge in [-0.25, -0.2) is 5.84 Å². The van der Waals surface area contributed by atoms with Crippen molar-refractivity contribution < 1.29 is 4.79 Å². The Hall–Kier alpha value is -2.24. The Labute approximate surface area is 118 Å². The van der Waals surface area contributed by atoms with Gasteiger partial charge in [0.25, 0.3) is 5.91 Å². The van der Waals surface area contributed by atoms with Gasteiger partial charge in [0.05, 0.1) is 0 Å². The maximum Gasteiger partial charge on any atom is 0.265 e. The summed E-state index contributed by atoms with van der Waals surface area (Å²) in [5.74, 6) is 4.82. The largest absolute Gasteiger partial charge is 0.298 e. The molecule has 2 rings (SSSR count). The molecule has 2 aromatic rings. The van der Waals surface area contributed by atoms with Gasteiger partial charge in [0.15, 0.2) is 0 Å². The molecular weight excluding hydrogens is 252 g/mol. The third-order valence-electron chi connectivity index (χ3n) is 2.97. The highest BCUT2D eigenvalue weighted by Gasteiger charge is 2.05. The van der Waals surface area contributed by atoms with Crippen molar-refractivity contribution in [3.05, 3.63) is 65.5 Å². The Morgan fingerprint density at radius 1 is 1.20 bits per heavy atom. The normalized spacial score (nSPS) is 10.6. The van der Waals surface area contributed by atoms with E-state index < -0.39 is 0 Å². The highest BCUT2D eigenvalue weighted by atomic mass is 16.2. The number of rotatable bonds is 5. The molecule has 1 aromatic heterocycles. The predicted octanol–water partition coefficient (Wildman–Crippen LogP) is 1.32. The van der Waals surface area contributed by atoms with Crippen LogP contribution in [0.2, 0.25) is 0 Å². The maximum atomic E-state index is 11.3. The topological polar surface area (TPSA) is 71.2 Å². The average molecular weight is 270 g/mol. The first kappa shape index (κ1) is 14.2. The van der Waals surface area contributed by atoms with Crippen molar-refractivity contribution >= 4 is 5.91 Å². The van der Waals surface area contributed by atoms with Crippen LogP contribution in [0.5, 0.6) is 0 Å². The van der Waals surface area contributed by atoms with Gasteiger partial charge in [0.2, 0.25) is 0 Å². The van der Waals surface area contributed by atoms with E-state index in [0.29, 0.717) is 5.56 Å². The van der Waals surface area contributed by atoms with Crippen molar-refractivity contribution in [1.29, 1.82) is 0 Å². The smallest absolute Gasteiger partial charge is 0.265 e. The zero-order chi connectivity index (χ0) is 14.4. The van der Waals surface area contributed by atoms with Crippen LogP contribution in [0.15, 0.2) is 48.8 Å². The van der Waals surface area contributed by atoms with Gasteiger partial charge in [-0.05, 0) is 36.4 Å². The number of aromatic nitrogens is 1. The number of benzene rings is 1. The number of hydrogen-bond donors (Lipinski definition) is 2. The van der Waals surface area contributed by atoms with Crippen LogP contribution in [0.3, 0.4) is 0 Å². The summed E-state index contributed by atoms with van der Waals surface area (Å²) in [5, 5.41) is 0. The van der Waals surface area contributed by atoms with E-state index in [0.717, 1.165) is 18.7 Å². The minimum Gasteiger partial charge on any atom is -0.298 e. The lowest BCUT2D eigenvalue weighted by Crippen LogP contribution is -2.29. The van der Waals surface area contributed by atoms with Crippen LogP contribution in [0.4, 0.5) is 0 Å². The van der Waals surface area contributed by atoms with Crippen LogP contribution in [-0.2, 0) is 13.1 Å². The second kappa shape index (κ2) is 6.79. The van der Waals surface area contributed by atoms with E-state index in [1.54, 1.807) is 18.3 Å². The minimum atomic E-state index is -0.278. The van der Waals surface area contributed by atoms with Crippen LogP contribution in [0, 0.1) is 0 Å². The van der Waals surface area contributed by atoms with E-state index in [1.807, 2.05) is 31.4 Å². The third-order valence-corrected chi connectivity index (χ3v) is 2.97. The van der Waals surface area contributed by atoms with Gasteiger partial charge < -0.3 is 0 Å². The van der Waals surface area contributed by atoms with Crippen LogP contribution in [-0.4, -0.2) is 22.8 Å². The first-order valence-corrected chi connectivity index (χ1v) is 6.36. The molecule has 0 spiro atoms. The summed E-state index contributed by atoms with van der Waals surface area (Å²) in [4.78, 5) is 17.6. The number of amides is 1. The first-order valence-electron chi connectivity index (χ1n) is 6.36. The van der Waals surface area contributed by atoms with Gasteiger partial charge in [-0.2, -0.15) is 0 Å². The van der Waals surface area contributed by atoms with Crippen molar-refractivity contribution in [1.82, 2.24) is 15.3 Å². The Morgan fingerprint density at radius 2 is 1.90 bits per heavy atom. The monoisotopic (exact) mass is 270 g/mol. The molecule has 0 aliphatic rings. The van der Waals surface area contributed by atoms with Crippen LogP contribution in [0.1, 0.15) is 21.5 Å². The number of hydrazine groups is 1. The number of nitrogen functional groups attached to an aromatic ring is 1. The fourth-order valence-corrected chi connectivity index (χ4v) is 2.02. The van der Waals surface area contributed by atoms with Crippen molar-refractivity contribution in [3.8, 4) is 0 Å². The van der Waals surface area contributed by atoms with Gasteiger partial charge in [0, 0.05) is 31.0 Å². The molecule has 5 nitrogen and oxygen atoms in total. The van der Waals surface area contributed by atoms with E-state index in [2.05, 4.69) is 21.4 Å². The fraction of sp³-hybridized carbons (Fsp3) is 0.200. The SMILES string of the molecule is CN(Cc1ccc(C(=O)NN)cc1)Cc1cccnc1. The van der Waals surface area contributed by atoms with E-state index in [-0.39, 0.29) is 5.91 Å². The van der Waals surface area contributed by atoms with Crippen molar-refractivity contribution in [2.75, 3.05) is 7.05 Å². The maximum absolute atomic E-state index is 11.3. The zero-order valence-electron chi connectivity index (χ0n) is 11.4. The van der Waals surface area contributed by atoms with E-state index in [4.69, 9.17) is 5.84 Å². The highest BCUT2D eigenvalue weighted by Crippen LogP contribution is 2.09. The molecule has 1 heterocycles. The summed E-state index contributed by atoms with van der Waals surface area (Å²) < 4.78 is 0. The average Bonchev–Trinajstić information content (AvgIpc) is 2.48. The summed E-state index contributed by atoms with van der Waals surface area (Å²) in [5.41, 5.74) is 5.00. The van der Waals surface area contributed by atoms with Crippen LogP contribution in [0.25, 0.3) is 0 Å². The molecular formula is C15H18N4O. The van der Waals surface area contributed by atoms with Crippen molar-refractivity contribution in [2.24, 2.45) is 5.84 Å². The molecule has 0 saturated heterocycles. The Bertz CT molecular complexity index is 554. The molecule has 0 aliphatic heterocycles. The van der Waals surface area contributed by atoms with Crippen molar-refractivity contribution in [3.63, 3.8) is 0 Å². The standard InChI is InChI=1S/C15H18N4O/c1-19(11-13-3-2-8-17-9-13)10-12-4-6-14(7-5-12)15(20)18-16/h2-9H,10-11,16H2,1H3,(H,18,20). The minimum absolute atomic E-state index is 0.278. The first-order chi connectivity index (χ1) is 9.69. The Morgan fingerprint density at radius 3 is 2.50 bits per heavy atom. The van der Waals surface area contributed by atoms with E-state index >= 15 is 0 Å². The summed E-state index contributed by atoms with van der Waals surface area (Å²) in [6, 6.07) is 11.4. The lowest BCUT2D eigenvalue weighted by molar-refractivity contribution is 0.0953. The van der Waals surface area contributed by atoms with Gasteiger partial charge >= 0.3 is 0 Å². The molecule has 0 radical (unpaired) electrons. The number of pyridine rings is 1. The van der Waals surface area contributed by atoms with Gasteiger partial charge in [-0.15, -0.1) is 0 Å². The Kier molecular flexibility index (Phi) is 4.81. The van der Waals surface area contributed by atoms with Gasteiger partial charge in [-0.1, -0.05) is 18.2 Å². The summed E-state index contributed by atoms with van der Waals surface area (Å²) in [6.07, 6.45) is 3.63. The summed E-state index contributed by atoms with van der Waals surface area (Å²) in [6.45, 7) is 1.64. The van der Waals surface area contributed by atoms with E-state index in [1.165, 1.54) is 5.56 Å². The second-order valence-electron chi connectivity index (χ2n) is 4.70. The van der Waals surface area contributed by atoms with E-state index in [9.17, 15) is 4.79 Å². The highest BCUT2D eigenvalue weighted by molar-refractivity contribution is 5.93. The molecule has 0 saturated carbocycles. The molecule has 0 bridgehead atoms. The molecule has 3 N–H and O–H groups in total. The van der Waals surface area contributed by atoms with Gasteiger partial charge in [0.1, 0.15) is 0 Å². The molecule has 1 aromatic carbocycles. The molecule has 0 atom stereocenters. The molecule has 104 valence electrons.